The highest BCUT2D eigenvalue weighted by molar-refractivity contribution is 5.90. The van der Waals surface area contributed by atoms with Gasteiger partial charge in [-0.3, -0.25) is 4.79 Å². The number of benzene rings is 1. The maximum Gasteiger partial charge on any atom is 0.321 e. The van der Waals surface area contributed by atoms with E-state index in [4.69, 9.17) is 5.11 Å². The number of rotatable bonds is 4. The van der Waals surface area contributed by atoms with Crippen LogP contribution in [0.4, 0.5) is 14.9 Å². The van der Waals surface area contributed by atoms with E-state index in [1.54, 1.807) is 13.0 Å². The molecule has 2 N–H and O–H groups in total. The van der Waals surface area contributed by atoms with Gasteiger partial charge in [-0.05, 0) is 24.6 Å². The Morgan fingerprint density at radius 2 is 2.11 bits per heavy atom. The van der Waals surface area contributed by atoms with Gasteiger partial charge in [0.15, 0.2) is 0 Å². The summed E-state index contributed by atoms with van der Waals surface area (Å²) in [5.41, 5.74) is 1.11. The number of hydrogen-bond acceptors (Lipinski definition) is 2. The van der Waals surface area contributed by atoms with Crippen molar-refractivity contribution in [1.82, 2.24) is 4.90 Å². The molecule has 0 aromatic heterocycles. The second-order valence-electron chi connectivity index (χ2n) is 4.51. The van der Waals surface area contributed by atoms with Crippen LogP contribution in [-0.2, 0) is 4.79 Å². The Hall–Kier alpha value is -2.11. The molecule has 1 aromatic carbocycles. The summed E-state index contributed by atoms with van der Waals surface area (Å²) in [7, 11) is 1.49. The lowest BCUT2D eigenvalue weighted by molar-refractivity contribution is -0.141. The summed E-state index contributed by atoms with van der Waals surface area (Å²) >= 11 is 0. The lowest BCUT2D eigenvalue weighted by Crippen LogP contribution is -2.36. The Labute approximate surface area is 111 Å². The van der Waals surface area contributed by atoms with Gasteiger partial charge in [0.2, 0.25) is 0 Å². The topological polar surface area (TPSA) is 69.6 Å². The summed E-state index contributed by atoms with van der Waals surface area (Å²) in [6.07, 6.45) is 0. The maximum absolute atomic E-state index is 13.1. The van der Waals surface area contributed by atoms with Crippen LogP contribution in [0.2, 0.25) is 0 Å². The van der Waals surface area contributed by atoms with Crippen LogP contribution in [0.1, 0.15) is 12.5 Å². The van der Waals surface area contributed by atoms with Gasteiger partial charge < -0.3 is 15.3 Å². The van der Waals surface area contributed by atoms with E-state index in [0.29, 0.717) is 5.69 Å². The van der Waals surface area contributed by atoms with Crippen molar-refractivity contribution in [2.24, 2.45) is 5.92 Å². The standard InChI is InChI=1S/C13H17FN2O3/c1-8-4-5-10(14)6-11(8)15-13(19)16(3)7-9(2)12(17)18/h4-6,9H,7H2,1-3H3,(H,15,19)(H,17,18). The van der Waals surface area contributed by atoms with E-state index in [-0.39, 0.29) is 6.54 Å². The molecule has 104 valence electrons. The molecule has 0 aliphatic heterocycles. The predicted octanol–water partition coefficient (Wildman–Crippen LogP) is 2.32. The Morgan fingerprint density at radius 1 is 1.47 bits per heavy atom. The minimum Gasteiger partial charge on any atom is -0.481 e. The number of carboxylic acids is 1. The average molecular weight is 268 g/mol. The molecule has 0 spiro atoms. The molecule has 1 unspecified atom stereocenters. The van der Waals surface area contributed by atoms with Gasteiger partial charge in [-0.15, -0.1) is 0 Å². The van der Waals surface area contributed by atoms with Gasteiger partial charge in [-0.1, -0.05) is 13.0 Å². The zero-order valence-electron chi connectivity index (χ0n) is 11.1. The molecule has 1 atom stereocenters. The number of halogens is 1. The van der Waals surface area contributed by atoms with Crippen LogP contribution in [0.5, 0.6) is 0 Å². The van der Waals surface area contributed by atoms with Crippen LogP contribution in [0.3, 0.4) is 0 Å². The fraction of sp³-hybridized carbons (Fsp3) is 0.385. The average Bonchev–Trinajstić information content (AvgIpc) is 2.33. The molecule has 1 aromatic rings. The third kappa shape index (κ3) is 4.24. The van der Waals surface area contributed by atoms with E-state index in [9.17, 15) is 14.0 Å². The molecule has 0 saturated heterocycles. The monoisotopic (exact) mass is 268 g/mol. The highest BCUT2D eigenvalue weighted by Crippen LogP contribution is 2.16. The molecule has 1 rings (SSSR count). The largest absolute Gasteiger partial charge is 0.481 e. The first-order valence-corrected chi connectivity index (χ1v) is 5.82. The lowest BCUT2D eigenvalue weighted by atomic mass is 10.2. The number of anilines is 1. The van der Waals surface area contributed by atoms with Crippen molar-refractivity contribution in [3.05, 3.63) is 29.6 Å². The van der Waals surface area contributed by atoms with E-state index in [1.165, 1.54) is 31.0 Å². The number of aliphatic carboxylic acids is 1. The molecule has 0 aliphatic rings. The Bertz CT molecular complexity index is 491. The molecule has 0 saturated carbocycles. The Balaban J connectivity index is 2.68. The van der Waals surface area contributed by atoms with Crippen LogP contribution >= 0.6 is 0 Å². The number of carboxylic acid groups (broad SMARTS) is 1. The van der Waals surface area contributed by atoms with Gasteiger partial charge in [0.1, 0.15) is 5.82 Å². The van der Waals surface area contributed by atoms with E-state index in [2.05, 4.69) is 5.32 Å². The number of nitrogens with zero attached hydrogens (tertiary/aromatic N) is 1. The molecule has 6 heteroatoms. The molecule has 19 heavy (non-hydrogen) atoms. The van der Waals surface area contributed by atoms with Gasteiger partial charge in [0.25, 0.3) is 0 Å². The minimum atomic E-state index is -0.971. The van der Waals surface area contributed by atoms with Gasteiger partial charge in [-0.2, -0.15) is 0 Å². The van der Waals surface area contributed by atoms with Crippen LogP contribution < -0.4 is 5.32 Å². The number of nitrogens with one attached hydrogen (secondary N) is 1. The lowest BCUT2D eigenvalue weighted by Gasteiger charge is -2.20. The summed E-state index contributed by atoms with van der Waals surface area (Å²) in [6, 6.07) is 3.62. The van der Waals surface area contributed by atoms with E-state index < -0.39 is 23.7 Å². The van der Waals surface area contributed by atoms with Crippen molar-refractivity contribution < 1.29 is 19.1 Å². The quantitative estimate of drug-likeness (QED) is 0.880. The summed E-state index contributed by atoms with van der Waals surface area (Å²) in [4.78, 5) is 23.8. The van der Waals surface area contributed by atoms with Crippen molar-refractivity contribution >= 4 is 17.7 Å². The second-order valence-corrected chi connectivity index (χ2v) is 4.51. The first kappa shape index (κ1) is 14.9. The minimum absolute atomic E-state index is 0.0789. The fourth-order valence-corrected chi connectivity index (χ4v) is 1.51. The van der Waals surface area contributed by atoms with Gasteiger partial charge in [0.05, 0.1) is 5.92 Å². The molecular formula is C13H17FN2O3. The smallest absolute Gasteiger partial charge is 0.321 e. The molecule has 0 radical (unpaired) electrons. The van der Waals surface area contributed by atoms with Crippen molar-refractivity contribution in [3.63, 3.8) is 0 Å². The van der Waals surface area contributed by atoms with Crippen molar-refractivity contribution in [2.75, 3.05) is 18.9 Å². The summed E-state index contributed by atoms with van der Waals surface area (Å²) < 4.78 is 13.1. The first-order chi connectivity index (χ1) is 8.81. The highest BCUT2D eigenvalue weighted by Gasteiger charge is 2.17. The normalized spacial score (nSPS) is 11.8. The highest BCUT2D eigenvalue weighted by atomic mass is 19.1. The van der Waals surface area contributed by atoms with Crippen LogP contribution in [0.15, 0.2) is 18.2 Å². The first-order valence-electron chi connectivity index (χ1n) is 5.82. The fourth-order valence-electron chi connectivity index (χ4n) is 1.51. The Kier molecular flexibility index (Phi) is 4.86. The number of carbonyl (C=O) groups excluding carboxylic acids is 1. The Morgan fingerprint density at radius 3 is 2.68 bits per heavy atom. The van der Waals surface area contributed by atoms with E-state index >= 15 is 0 Å². The third-order valence-electron chi connectivity index (χ3n) is 2.76. The van der Waals surface area contributed by atoms with Crippen molar-refractivity contribution in [1.29, 1.82) is 0 Å². The van der Waals surface area contributed by atoms with E-state index in [0.717, 1.165) is 5.56 Å². The summed E-state index contributed by atoms with van der Waals surface area (Å²) in [5.74, 6) is -2.08. The predicted molar refractivity (Wildman–Crippen MR) is 69.6 cm³/mol. The molecule has 0 fully saturated rings. The summed E-state index contributed by atoms with van der Waals surface area (Å²) in [6.45, 7) is 3.34. The number of aryl methyl sites for hydroxylation is 1. The molecule has 0 bridgehead atoms. The molecular weight excluding hydrogens is 251 g/mol. The zero-order valence-corrected chi connectivity index (χ0v) is 11.1. The zero-order chi connectivity index (χ0) is 14.6. The van der Waals surface area contributed by atoms with Crippen LogP contribution in [0.25, 0.3) is 0 Å². The van der Waals surface area contributed by atoms with Crippen LogP contribution in [-0.4, -0.2) is 35.6 Å². The van der Waals surface area contributed by atoms with Gasteiger partial charge in [0, 0.05) is 19.3 Å². The number of urea groups is 1. The molecule has 0 aliphatic carbocycles. The third-order valence-corrected chi connectivity index (χ3v) is 2.76. The SMILES string of the molecule is Cc1ccc(F)cc1NC(=O)N(C)CC(C)C(=O)O. The number of amides is 2. The summed E-state index contributed by atoms with van der Waals surface area (Å²) in [5, 5.41) is 11.3. The number of hydrogen-bond donors (Lipinski definition) is 2. The van der Waals surface area contributed by atoms with Gasteiger partial charge >= 0.3 is 12.0 Å². The van der Waals surface area contributed by atoms with Crippen LogP contribution in [0, 0.1) is 18.7 Å². The number of carbonyl (C=O) groups is 2. The maximum atomic E-state index is 13.1. The molecule has 5 nitrogen and oxygen atoms in total. The molecule has 2 amide bonds. The second kappa shape index (κ2) is 6.17. The van der Waals surface area contributed by atoms with Crippen molar-refractivity contribution in [2.45, 2.75) is 13.8 Å². The van der Waals surface area contributed by atoms with Gasteiger partial charge in [-0.25, -0.2) is 9.18 Å². The van der Waals surface area contributed by atoms with Crippen molar-refractivity contribution in [3.8, 4) is 0 Å². The van der Waals surface area contributed by atoms with E-state index in [1.807, 2.05) is 0 Å². The molecule has 0 heterocycles.